The average Bonchev–Trinajstić information content (AvgIpc) is 2.38. The summed E-state index contributed by atoms with van der Waals surface area (Å²) < 4.78 is 128. The number of carbonyl (C=O) groups is 1. The fraction of sp³-hybridized carbons (Fsp3) is 0.923. The van der Waals surface area contributed by atoms with Crippen molar-refractivity contribution in [3.05, 3.63) is 0 Å². The number of carbonyl (C=O) groups excluding carboxylic acids is 1. The molecule has 0 unspecified atom stereocenters. The van der Waals surface area contributed by atoms with Crippen LogP contribution in [0.2, 0.25) is 0 Å². The normalized spacial score (nSPS) is 17.1. The molecule has 0 heterocycles. The number of nitrogens with zero attached hydrogens (tertiary/aromatic N) is 1. The van der Waals surface area contributed by atoms with Gasteiger partial charge in [-0.1, -0.05) is 37.5 Å². The predicted octanol–water partition coefficient (Wildman–Crippen LogP) is 5.03. The van der Waals surface area contributed by atoms with Crippen LogP contribution in [0.15, 0.2) is 0 Å². The van der Waals surface area contributed by atoms with E-state index in [2.05, 4.69) is 0 Å². The van der Waals surface area contributed by atoms with Crippen LogP contribution in [0.1, 0.15) is 46.0 Å². The summed E-state index contributed by atoms with van der Waals surface area (Å²) in [4.78, 5) is 8.12. The molecule has 0 fully saturated rings. The van der Waals surface area contributed by atoms with Crippen molar-refractivity contribution >= 4 is 5.91 Å². The van der Waals surface area contributed by atoms with Gasteiger partial charge in [0.15, 0.2) is 0 Å². The number of hydrogen-bond donors (Lipinski definition) is 1. The van der Waals surface area contributed by atoms with Crippen LogP contribution in [-0.4, -0.2) is 41.4 Å². The van der Waals surface area contributed by atoms with E-state index in [0.29, 0.717) is 12.8 Å². The van der Waals surface area contributed by atoms with Crippen molar-refractivity contribution in [3.8, 4) is 0 Å². The number of halogens is 10. The van der Waals surface area contributed by atoms with Crippen LogP contribution in [0.4, 0.5) is 43.9 Å². The maximum atomic E-state index is 14.1. The maximum Gasteiger partial charge on any atom is 0.470 e. The molecular weight excluding hydrogens is 390 g/mol. The van der Waals surface area contributed by atoms with E-state index in [0.717, 1.165) is 19.8 Å². The minimum atomic E-state index is -6.84. The molecule has 0 aromatic carbocycles. The van der Waals surface area contributed by atoms with Gasteiger partial charge in [0.25, 0.3) is 5.91 Å². The van der Waals surface area contributed by atoms with Crippen LogP contribution in [0, 0.1) is 0 Å². The Kier molecular flexibility index (Phi) is 8.19. The SMILES string of the molecule is CCCCCC[C@H](C)NC(=O)[C@@](F)(N(C(F)(F)F)C(F)(F)F)C(F)(F)F. The third-order valence-corrected chi connectivity index (χ3v) is 3.36. The molecule has 0 aromatic heterocycles. The Hall–Kier alpha value is -1.27. The molecule has 13 heteroatoms. The lowest BCUT2D eigenvalue weighted by Gasteiger charge is -2.38. The number of amides is 1. The number of alkyl halides is 10. The molecule has 1 amide bonds. The maximum absolute atomic E-state index is 14.1. The second kappa shape index (κ2) is 8.61. The first-order valence-corrected chi connectivity index (χ1v) is 7.50. The largest absolute Gasteiger partial charge is 0.470 e. The Bertz CT molecular complexity index is 445. The van der Waals surface area contributed by atoms with Gasteiger partial charge in [-0.15, -0.1) is 0 Å². The number of nitrogens with one attached hydrogen (secondary N) is 1. The molecule has 1 N–H and O–H groups in total. The van der Waals surface area contributed by atoms with Crippen LogP contribution < -0.4 is 5.32 Å². The number of hydrogen-bond acceptors (Lipinski definition) is 2. The van der Waals surface area contributed by atoms with Crippen LogP contribution >= 0.6 is 0 Å². The highest BCUT2D eigenvalue weighted by Gasteiger charge is 2.78. The van der Waals surface area contributed by atoms with Gasteiger partial charge in [0.2, 0.25) is 0 Å². The molecule has 156 valence electrons. The van der Waals surface area contributed by atoms with Crippen LogP contribution in [0.3, 0.4) is 0 Å². The van der Waals surface area contributed by atoms with Gasteiger partial charge in [-0.25, -0.2) is 4.39 Å². The van der Waals surface area contributed by atoms with Crippen molar-refractivity contribution in [2.75, 3.05) is 0 Å². The van der Waals surface area contributed by atoms with Crippen molar-refractivity contribution in [2.24, 2.45) is 0 Å². The van der Waals surface area contributed by atoms with E-state index in [1.165, 1.54) is 5.32 Å². The zero-order chi connectivity index (χ0) is 21.0. The Morgan fingerprint density at radius 2 is 1.35 bits per heavy atom. The quantitative estimate of drug-likeness (QED) is 0.347. The van der Waals surface area contributed by atoms with Gasteiger partial charge in [0.05, 0.1) is 0 Å². The van der Waals surface area contributed by atoms with Gasteiger partial charge in [-0.2, -0.15) is 39.5 Å². The van der Waals surface area contributed by atoms with E-state index in [9.17, 15) is 48.7 Å². The van der Waals surface area contributed by atoms with E-state index >= 15 is 0 Å². The summed E-state index contributed by atoms with van der Waals surface area (Å²) in [5.41, 5.74) is 0. The first-order chi connectivity index (χ1) is 11.5. The lowest BCUT2D eigenvalue weighted by molar-refractivity contribution is -0.444. The van der Waals surface area contributed by atoms with Gasteiger partial charge in [0.1, 0.15) is 0 Å². The Balaban J connectivity index is 5.63. The van der Waals surface area contributed by atoms with Crippen LogP contribution in [0.5, 0.6) is 0 Å². The average molecular weight is 408 g/mol. The van der Waals surface area contributed by atoms with Crippen molar-refractivity contribution in [3.63, 3.8) is 0 Å². The molecule has 26 heavy (non-hydrogen) atoms. The van der Waals surface area contributed by atoms with E-state index in [-0.39, 0.29) is 6.42 Å². The first-order valence-electron chi connectivity index (χ1n) is 7.50. The highest BCUT2D eigenvalue weighted by atomic mass is 19.4. The van der Waals surface area contributed by atoms with Gasteiger partial charge in [0, 0.05) is 6.04 Å². The van der Waals surface area contributed by atoms with Gasteiger partial charge in [-0.3, -0.25) is 4.79 Å². The molecule has 0 aliphatic carbocycles. The molecule has 0 saturated heterocycles. The third kappa shape index (κ3) is 6.16. The molecule has 2 atom stereocenters. The Labute approximate surface area is 142 Å². The Morgan fingerprint density at radius 1 is 0.885 bits per heavy atom. The van der Waals surface area contributed by atoms with Gasteiger partial charge >= 0.3 is 24.6 Å². The highest BCUT2D eigenvalue weighted by molar-refractivity contribution is 5.86. The van der Waals surface area contributed by atoms with E-state index in [1.807, 2.05) is 6.92 Å². The van der Waals surface area contributed by atoms with Crippen molar-refractivity contribution in [1.82, 2.24) is 10.2 Å². The fourth-order valence-electron chi connectivity index (χ4n) is 2.12. The molecule has 0 rings (SSSR count). The van der Waals surface area contributed by atoms with Crippen LogP contribution in [-0.2, 0) is 4.79 Å². The first kappa shape index (κ1) is 24.7. The van der Waals surface area contributed by atoms with Crippen molar-refractivity contribution in [2.45, 2.75) is 76.6 Å². The minimum Gasteiger partial charge on any atom is -0.349 e. The molecule has 3 nitrogen and oxygen atoms in total. The molecule has 0 radical (unpaired) electrons. The summed E-state index contributed by atoms with van der Waals surface area (Å²) in [6, 6.07) is -1.26. The second-order valence-electron chi connectivity index (χ2n) is 5.61. The number of rotatable bonds is 8. The molecule has 0 bridgehead atoms. The third-order valence-electron chi connectivity index (χ3n) is 3.36. The topological polar surface area (TPSA) is 32.3 Å². The van der Waals surface area contributed by atoms with E-state index in [4.69, 9.17) is 0 Å². The summed E-state index contributed by atoms with van der Waals surface area (Å²) in [5, 5.41) is 1.25. The summed E-state index contributed by atoms with van der Waals surface area (Å²) in [6.45, 7) is 2.89. The standard InChI is InChI=1S/C13H18F10N2O/c1-3-4-5-6-7-8(2)24-9(26)10(14,11(15,16)17)25(12(18,19)20)13(21,22)23/h8H,3-7H2,1-2H3,(H,24,26)/t8-,10+/m0/s1. The van der Waals surface area contributed by atoms with Crippen LogP contribution in [0.25, 0.3) is 0 Å². The van der Waals surface area contributed by atoms with Crippen molar-refractivity contribution < 1.29 is 48.7 Å². The molecule has 0 aromatic rings. The van der Waals surface area contributed by atoms with E-state index < -0.39 is 41.4 Å². The summed E-state index contributed by atoms with van der Waals surface area (Å²) in [6.07, 6.45) is -18.1. The minimum absolute atomic E-state index is 0.0439. The lowest BCUT2D eigenvalue weighted by Crippen LogP contribution is -2.71. The molecule has 0 spiro atoms. The zero-order valence-electron chi connectivity index (χ0n) is 13.7. The fourth-order valence-corrected chi connectivity index (χ4v) is 2.12. The highest BCUT2D eigenvalue weighted by Crippen LogP contribution is 2.48. The summed E-state index contributed by atoms with van der Waals surface area (Å²) >= 11 is 0. The molecule has 0 saturated carbocycles. The van der Waals surface area contributed by atoms with E-state index in [1.54, 1.807) is 0 Å². The van der Waals surface area contributed by atoms with Gasteiger partial charge < -0.3 is 5.32 Å². The smallest absolute Gasteiger partial charge is 0.349 e. The molecule has 0 aliphatic rings. The molecular formula is C13H18F10N2O. The summed E-state index contributed by atoms with van der Waals surface area (Å²) in [7, 11) is 0. The number of unbranched alkanes of at least 4 members (excludes halogenated alkanes) is 3. The zero-order valence-corrected chi connectivity index (χ0v) is 13.7. The predicted molar refractivity (Wildman–Crippen MR) is 70.2 cm³/mol. The van der Waals surface area contributed by atoms with Gasteiger partial charge in [-0.05, 0) is 13.3 Å². The lowest BCUT2D eigenvalue weighted by atomic mass is 10.1. The summed E-state index contributed by atoms with van der Waals surface area (Å²) in [5.74, 6) is -9.44. The Morgan fingerprint density at radius 3 is 1.69 bits per heavy atom. The molecule has 0 aliphatic heterocycles. The monoisotopic (exact) mass is 408 g/mol. The second-order valence-corrected chi connectivity index (χ2v) is 5.61. The van der Waals surface area contributed by atoms with Crippen molar-refractivity contribution in [1.29, 1.82) is 0 Å².